The lowest BCUT2D eigenvalue weighted by atomic mass is 9.59. The fourth-order valence-electron chi connectivity index (χ4n) is 6.52. The molecular weight excluding hydrogens is 550 g/mol. The van der Waals surface area contributed by atoms with E-state index in [4.69, 9.17) is 4.74 Å². The number of aromatic hydroxyl groups is 1. The Morgan fingerprint density at radius 2 is 1.74 bits per heavy atom. The number of ketones is 2. The Hall–Kier alpha value is -3.78. The summed E-state index contributed by atoms with van der Waals surface area (Å²) in [5.41, 5.74) is 3.10. The molecule has 1 fully saturated rings. The summed E-state index contributed by atoms with van der Waals surface area (Å²) in [5.74, 6) is -2.89. The number of carbonyl (C=O) groups excluding carboxylic acids is 4. The van der Waals surface area contributed by atoms with Gasteiger partial charge in [0.05, 0.1) is 24.6 Å². The van der Waals surface area contributed by atoms with Crippen LogP contribution in [0.15, 0.2) is 81.4 Å². The van der Waals surface area contributed by atoms with Gasteiger partial charge in [0.15, 0.2) is 11.6 Å². The van der Waals surface area contributed by atoms with Crippen LogP contribution < -0.4 is 9.64 Å². The standard InChI is InChI=1S/C30H24BrNO6/c1-14-11-23(34)27-22(28(14)35)13-21-18(25(27)19-8-7-17(33)12-24(19)38-2)9-10-20-26(21)30(37)32(29(20)36)16-5-3-15(31)4-6-16/h3-9,11-12,20-21,25-26,33H,10,13H2,1-2H3. The Morgan fingerprint density at radius 3 is 2.45 bits per heavy atom. The normalized spacial score (nSPS) is 26.6. The van der Waals surface area contributed by atoms with Gasteiger partial charge in [-0.25, -0.2) is 0 Å². The Labute approximate surface area is 227 Å². The molecule has 0 radical (unpaired) electrons. The number of Topliss-reactive ketones (excluding diaryl/α,β-unsaturated/α-hetero) is 1. The SMILES string of the molecule is COc1cc(O)ccc1C1C2=CCC3C(=O)N(c4ccc(Br)cc4)C(=O)C3C2CC2=C1C(=O)C=C(C)C2=O. The first-order valence-corrected chi connectivity index (χ1v) is 13.2. The van der Waals surface area contributed by atoms with Gasteiger partial charge < -0.3 is 9.84 Å². The number of anilines is 1. The fraction of sp³-hybridized carbons (Fsp3) is 0.267. The first-order valence-electron chi connectivity index (χ1n) is 12.4. The Balaban J connectivity index is 1.51. The lowest BCUT2D eigenvalue weighted by molar-refractivity contribution is -0.123. The van der Waals surface area contributed by atoms with Crippen molar-refractivity contribution < 1.29 is 29.0 Å². The second kappa shape index (κ2) is 8.91. The maximum absolute atomic E-state index is 13.9. The third-order valence-corrected chi connectivity index (χ3v) is 8.70. The van der Waals surface area contributed by atoms with Crippen molar-refractivity contribution in [1.29, 1.82) is 0 Å². The maximum Gasteiger partial charge on any atom is 0.238 e. The topological polar surface area (TPSA) is 101 Å². The Morgan fingerprint density at radius 1 is 1.00 bits per heavy atom. The minimum atomic E-state index is -0.653. The van der Waals surface area contributed by atoms with Crippen LogP contribution in [-0.2, 0) is 19.2 Å². The molecule has 0 saturated carbocycles. The van der Waals surface area contributed by atoms with Gasteiger partial charge in [0, 0.05) is 38.7 Å². The number of benzene rings is 2. The van der Waals surface area contributed by atoms with Crippen LogP contribution in [0, 0.1) is 17.8 Å². The zero-order chi connectivity index (χ0) is 26.9. The van der Waals surface area contributed by atoms with Crippen molar-refractivity contribution in [3.63, 3.8) is 0 Å². The smallest absolute Gasteiger partial charge is 0.238 e. The summed E-state index contributed by atoms with van der Waals surface area (Å²) in [4.78, 5) is 55.5. The molecular formula is C30H24BrNO6. The Bertz CT molecular complexity index is 1530. The van der Waals surface area contributed by atoms with E-state index in [2.05, 4.69) is 15.9 Å². The molecule has 2 aromatic rings. The van der Waals surface area contributed by atoms with Crippen LogP contribution in [0.25, 0.3) is 0 Å². The average molecular weight is 574 g/mol. The molecule has 1 aliphatic heterocycles. The number of amides is 2. The number of nitrogens with zero attached hydrogens (tertiary/aromatic N) is 1. The van der Waals surface area contributed by atoms with Crippen LogP contribution in [0.4, 0.5) is 5.69 Å². The summed E-state index contributed by atoms with van der Waals surface area (Å²) in [5, 5.41) is 10.1. The molecule has 0 bridgehead atoms. The van der Waals surface area contributed by atoms with E-state index in [0.29, 0.717) is 40.1 Å². The van der Waals surface area contributed by atoms with Crippen LogP contribution in [0.2, 0.25) is 0 Å². The molecule has 0 aromatic heterocycles. The summed E-state index contributed by atoms with van der Waals surface area (Å²) < 4.78 is 6.41. The average Bonchev–Trinajstić information content (AvgIpc) is 3.16. The highest BCUT2D eigenvalue weighted by Crippen LogP contribution is 2.56. The van der Waals surface area contributed by atoms with E-state index >= 15 is 0 Å². The molecule has 38 heavy (non-hydrogen) atoms. The van der Waals surface area contributed by atoms with Crippen molar-refractivity contribution in [3.05, 3.63) is 86.9 Å². The molecule has 4 unspecified atom stereocenters. The number of carbonyl (C=O) groups is 4. The highest BCUT2D eigenvalue weighted by molar-refractivity contribution is 9.10. The van der Waals surface area contributed by atoms with Gasteiger partial charge in [0.25, 0.3) is 0 Å². The minimum absolute atomic E-state index is 0.00773. The van der Waals surface area contributed by atoms with Crippen LogP contribution in [-0.4, -0.2) is 35.6 Å². The second-order valence-corrected chi connectivity index (χ2v) is 11.1. The fourth-order valence-corrected chi connectivity index (χ4v) is 6.78. The second-order valence-electron chi connectivity index (χ2n) is 10.1. The predicted octanol–water partition coefficient (Wildman–Crippen LogP) is 4.80. The summed E-state index contributed by atoms with van der Waals surface area (Å²) in [7, 11) is 1.48. The molecule has 0 spiro atoms. The number of allylic oxidation sites excluding steroid dienone is 6. The zero-order valence-electron chi connectivity index (χ0n) is 20.7. The number of hydrogen-bond donors (Lipinski definition) is 1. The van der Waals surface area contributed by atoms with Crippen molar-refractivity contribution in [2.24, 2.45) is 17.8 Å². The number of fused-ring (bicyclic) bond motifs is 3. The molecule has 1 N–H and O–H groups in total. The molecule has 4 atom stereocenters. The number of imide groups is 1. The van der Waals surface area contributed by atoms with E-state index < -0.39 is 23.7 Å². The van der Waals surface area contributed by atoms with Crippen molar-refractivity contribution >= 4 is 45.0 Å². The number of ether oxygens (including phenoxy) is 1. The van der Waals surface area contributed by atoms with E-state index in [1.54, 1.807) is 37.3 Å². The van der Waals surface area contributed by atoms with Gasteiger partial charge in [-0.1, -0.05) is 33.6 Å². The molecule has 6 rings (SSSR count). The number of phenols is 1. The first kappa shape index (κ1) is 24.6. The molecule has 4 aliphatic rings. The van der Waals surface area contributed by atoms with Crippen LogP contribution >= 0.6 is 15.9 Å². The highest BCUT2D eigenvalue weighted by Gasteiger charge is 2.56. The molecule has 2 aromatic carbocycles. The molecule has 1 saturated heterocycles. The third-order valence-electron chi connectivity index (χ3n) is 8.18. The number of methoxy groups -OCH3 is 1. The monoisotopic (exact) mass is 573 g/mol. The quantitative estimate of drug-likeness (QED) is 0.321. The largest absolute Gasteiger partial charge is 0.508 e. The molecule has 8 heteroatoms. The van der Waals surface area contributed by atoms with E-state index in [9.17, 15) is 24.3 Å². The number of rotatable bonds is 3. The third kappa shape index (κ3) is 3.54. The van der Waals surface area contributed by atoms with E-state index in [0.717, 1.165) is 10.0 Å². The molecule has 192 valence electrons. The predicted molar refractivity (Wildman–Crippen MR) is 143 cm³/mol. The van der Waals surface area contributed by atoms with E-state index in [1.807, 2.05) is 6.08 Å². The lowest BCUT2D eigenvalue weighted by Crippen LogP contribution is -2.39. The summed E-state index contributed by atoms with van der Waals surface area (Å²) in [6, 6.07) is 11.7. The highest BCUT2D eigenvalue weighted by atomic mass is 79.9. The summed E-state index contributed by atoms with van der Waals surface area (Å²) >= 11 is 3.39. The van der Waals surface area contributed by atoms with Gasteiger partial charge in [0.2, 0.25) is 11.8 Å². The van der Waals surface area contributed by atoms with Crippen molar-refractivity contribution in [2.45, 2.75) is 25.7 Å². The van der Waals surface area contributed by atoms with Crippen molar-refractivity contribution in [2.75, 3.05) is 12.0 Å². The molecule has 1 heterocycles. The van der Waals surface area contributed by atoms with Gasteiger partial charge >= 0.3 is 0 Å². The Kier molecular flexibility index (Phi) is 5.76. The number of halogens is 1. The van der Waals surface area contributed by atoms with E-state index in [1.165, 1.54) is 30.2 Å². The van der Waals surface area contributed by atoms with Crippen molar-refractivity contribution in [3.8, 4) is 11.5 Å². The number of phenolic OH excluding ortho intramolecular Hbond substituents is 1. The van der Waals surface area contributed by atoms with Gasteiger partial charge in [0.1, 0.15) is 11.5 Å². The number of hydrogen-bond acceptors (Lipinski definition) is 6. The minimum Gasteiger partial charge on any atom is -0.508 e. The molecule has 3 aliphatic carbocycles. The van der Waals surface area contributed by atoms with Gasteiger partial charge in [-0.2, -0.15) is 0 Å². The summed E-state index contributed by atoms with van der Waals surface area (Å²) in [6.45, 7) is 1.62. The van der Waals surface area contributed by atoms with Crippen molar-refractivity contribution in [1.82, 2.24) is 0 Å². The molecule has 2 amide bonds. The van der Waals surface area contributed by atoms with E-state index in [-0.39, 0.29) is 35.6 Å². The van der Waals surface area contributed by atoms with Crippen LogP contribution in [0.1, 0.15) is 31.2 Å². The van der Waals surface area contributed by atoms with Gasteiger partial charge in [-0.3, -0.25) is 24.1 Å². The lowest BCUT2D eigenvalue weighted by Gasteiger charge is -2.42. The molecule has 7 nitrogen and oxygen atoms in total. The first-order chi connectivity index (χ1) is 18.2. The van der Waals surface area contributed by atoms with Gasteiger partial charge in [-0.15, -0.1) is 0 Å². The maximum atomic E-state index is 13.9. The zero-order valence-corrected chi connectivity index (χ0v) is 22.3. The van der Waals surface area contributed by atoms with Crippen LogP contribution in [0.5, 0.6) is 11.5 Å². The van der Waals surface area contributed by atoms with Crippen LogP contribution in [0.3, 0.4) is 0 Å². The van der Waals surface area contributed by atoms with Gasteiger partial charge in [-0.05, 0) is 62.1 Å². The summed E-state index contributed by atoms with van der Waals surface area (Å²) in [6.07, 6.45) is 3.89.